The Balaban J connectivity index is 0.00000176. The monoisotopic (exact) mass is 322 g/mol. The molecule has 4 nitrogen and oxygen atoms in total. The number of carbonyl (C=O) groups excluding carboxylic acids is 1. The first kappa shape index (κ1) is 16.8. The first-order chi connectivity index (χ1) is 10.1. The minimum absolute atomic E-state index is 0. The van der Waals surface area contributed by atoms with Crippen molar-refractivity contribution >= 4 is 29.3 Å². The number of aryl methyl sites for hydroxylation is 1. The molecule has 1 aliphatic rings. The number of halogens is 1. The van der Waals surface area contributed by atoms with E-state index in [0.29, 0.717) is 18.2 Å². The molecule has 1 aromatic carbocycles. The molecule has 0 radical (unpaired) electrons. The van der Waals surface area contributed by atoms with Crippen molar-refractivity contribution in [3.8, 4) is 0 Å². The number of para-hydroxylation sites is 1. The molecular formula is C17H23ClN2O2. The highest BCUT2D eigenvalue weighted by atomic mass is 35.5. The van der Waals surface area contributed by atoms with Crippen molar-refractivity contribution in [1.29, 1.82) is 0 Å². The third-order valence-corrected chi connectivity index (χ3v) is 4.55. The highest BCUT2D eigenvalue weighted by molar-refractivity contribution is 5.99. The van der Waals surface area contributed by atoms with Crippen LogP contribution in [0.5, 0.6) is 0 Å². The van der Waals surface area contributed by atoms with Gasteiger partial charge < -0.3 is 15.1 Å². The maximum absolute atomic E-state index is 12.8. The van der Waals surface area contributed by atoms with E-state index in [9.17, 15) is 4.79 Å². The van der Waals surface area contributed by atoms with Crippen molar-refractivity contribution < 1.29 is 9.21 Å². The lowest BCUT2D eigenvalue weighted by molar-refractivity contribution is 0.0543. The molecule has 1 saturated heterocycles. The van der Waals surface area contributed by atoms with Crippen molar-refractivity contribution in [2.45, 2.75) is 32.7 Å². The molecule has 3 rings (SSSR count). The van der Waals surface area contributed by atoms with E-state index in [-0.39, 0.29) is 24.4 Å². The summed E-state index contributed by atoms with van der Waals surface area (Å²) in [5, 5.41) is 1.01. The molecule has 2 N–H and O–H groups in total. The number of fused-ring (bicyclic) bond motifs is 1. The van der Waals surface area contributed by atoms with Crippen LogP contribution in [0.1, 0.15) is 35.9 Å². The lowest BCUT2D eigenvalue weighted by atomic mass is 9.92. The Morgan fingerprint density at radius 3 is 2.82 bits per heavy atom. The zero-order valence-corrected chi connectivity index (χ0v) is 13.9. The Kier molecular flexibility index (Phi) is 5.14. The second-order valence-corrected chi connectivity index (χ2v) is 6.07. The van der Waals surface area contributed by atoms with Gasteiger partial charge in [0.25, 0.3) is 5.91 Å². The van der Waals surface area contributed by atoms with E-state index in [1.165, 1.54) is 0 Å². The second-order valence-electron chi connectivity index (χ2n) is 6.07. The molecule has 0 bridgehead atoms. The van der Waals surface area contributed by atoms with Crippen LogP contribution < -0.4 is 5.73 Å². The summed E-state index contributed by atoms with van der Waals surface area (Å²) in [4.78, 5) is 14.7. The number of benzene rings is 1. The van der Waals surface area contributed by atoms with E-state index in [1.807, 2.05) is 36.1 Å². The van der Waals surface area contributed by atoms with E-state index in [0.717, 1.165) is 35.9 Å². The van der Waals surface area contributed by atoms with E-state index in [2.05, 4.69) is 6.92 Å². The highest BCUT2D eigenvalue weighted by Gasteiger charge is 2.32. The molecule has 1 aromatic heterocycles. The lowest BCUT2D eigenvalue weighted by Gasteiger charge is -2.37. The molecule has 1 aliphatic heterocycles. The molecule has 1 fully saturated rings. The summed E-state index contributed by atoms with van der Waals surface area (Å²) in [6.07, 6.45) is 2.00. The van der Waals surface area contributed by atoms with Crippen LogP contribution in [0.25, 0.3) is 11.0 Å². The first-order valence-corrected chi connectivity index (χ1v) is 7.61. The van der Waals surface area contributed by atoms with E-state index >= 15 is 0 Å². The van der Waals surface area contributed by atoms with Crippen molar-refractivity contribution in [3.63, 3.8) is 0 Å². The molecule has 2 unspecified atom stereocenters. The average Bonchev–Trinajstić information content (AvgIpc) is 2.84. The third-order valence-electron chi connectivity index (χ3n) is 4.55. The van der Waals surface area contributed by atoms with Gasteiger partial charge in [-0.1, -0.05) is 25.1 Å². The Hall–Kier alpha value is -1.52. The normalized spacial score (nSPS) is 21.7. The van der Waals surface area contributed by atoms with Crippen molar-refractivity contribution in [1.82, 2.24) is 4.90 Å². The molecule has 0 saturated carbocycles. The lowest BCUT2D eigenvalue weighted by Crippen LogP contribution is -2.49. The van der Waals surface area contributed by atoms with Gasteiger partial charge in [-0.25, -0.2) is 0 Å². The minimum Gasteiger partial charge on any atom is -0.451 e. The number of hydrogen-bond donors (Lipinski definition) is 1. The van der Waals surface area contributed by atoms with E-state index in [4.69, 9.17) is 10.2 Å². The Bertz CT molecular complexity index is 668. The van der Waals surface area contributed by atoms with Crippen LogP contribution >= 0.6 is 12.4 Å². The molecule has 1 amide bonds. The van der Waals surface area contributed by atoms with Gasteiger partial charge in [0.05, 0.1) is 0 Å². The van der Waals surface area contributed by atoms with Crippen LogP contribution in [0.3, 0.4) is 0 Å². The van der Waals surface area contributed by atoms with Gasteiger partial charge in [-0.15, -0.1) is 12.4 Å². The van der Waals surface area contributed by atoms with E-state index < -0.39 is 0 Å². The van der Waals surface area contributed by atoms with E-state index in [1.54, 1.807) is 0 Å². The molecule has 2 heterocycles. The topological polar surface area (TPSA) is 59.5 Å². The number of likely N-dealkylation sites (tertiary alicyclic amines) is 1. The van der Waals surface area contributed by atoms with Gasteiger partial charge in [-0.3, -0.25) is 4.79 Å². The van der Waals surface area contributed by atoms with Crippen LogP contribution in [0, 0.1) is 12.8 Å². The number of hydrogen-bond acceptors (Lipinski definition) is 3. The van der Waals surface area contributed by atoms with Gasteiger partial charge in [0.2, 0.25) is 0 Å². The predicted molar refractivity (Wildman–Crippen MR) is 90.5 cm³/mol. The van der Waals surface area contributed by atoms with Crippen molar-refractivity contribution in [2.75, 3.05) is 13.1 Å². The summed E-state index contributed by atoms with van der Waals surface area (Å²) in [5.74, 6) is 1.06. The summed E-state index contributed by atoms with van der Waals surface area (Å²) < 4.78 is 5.80. The maximum atomic E-state index is 12.8. The summed E-state index contributed by atoms with van der Waals surface area (Å²) >= 11 is 0. The Morgan fingerprint density at radius 2 is 2.14 bits per heavy atom. The number of amides is 1. The second kappa shape index (κ2) is 6.71. The minimum atomic E-state index is -0.0222. The van der Waals surface area contributed by atoms with Crippen LogP contribution in [-0.2, 0) is 0 Å². The zero-order valence-electron chi connectivity index (χ0n) is 13.0. The van der Waals surface area contributed by atoms with Crippen molar-refractivity contribution in [3.05, 3.63) is 35.6 Å². The molecule has 2 atom stereocenters. The van der Waals surface area contributed by atoms with Gasteiger partial charge in [0.15, 0.2) is 5.76 Å². The summed E-state index contributed by atoms with van der Waals surface area (Å²) in [6.45, 7) is 5.44. The zero-order chi connectivity index (χ0) is 15.0. The Morgan fingerprint density at radius 1 is 1.41 bits per heavy atom. The summed E-state index contributed by atoms with van der Waals surface area (Å²) in [7, 11) is 0. The molecule has 0 aliphatic carbocycles. The molecule has 0 spiro atoms. The summed E-state index contributed by atoms with van der Waals surface area (Å²) in [6, 6.07) is 7.89. The predicted octanol–water partition coefficient (Wildman–Crippen LogP) is 3.36. The molecule has 22 heavy (non-hydrogen) atoms. The third kappa shape index (κ3) is 2.85. The number of furan rings is 1. The average molecular weight is 323 g/mol. The highest BCUT2D eigenvalue weighted by Crippen LogP contribution is 2.29. The first-order valence-electron chi connectivity index (χ1n) is 7.61. The quantitative estimate of drug-likeness (QED) is 0.922. The SMILES string of the molecule is Cc1c(C(=O)N2CCC(C)CC2CN)oc2ccccc12.Cl. The molecular weight excluding hydrogens is 300 g/mol. The maximum Gasteiger partial charge on any atom is 0.290 e. The van der Waals surface area contributed by atoms with Gasteiger partial charge in [0.1, 0.15) is 5.58 Å². The largest absolute Gasteiger partial charge is 0.451 e. The fourth-order valence-corrected chi connectivity index (χ4v) is 3.25. The van der Waals surface area contributed by atoms with Crippen molar-refractivity contribution in [2.24, 2.45) is 11.7 Å². The summed E-state index contributed by atoms with van der Waals surface area (Å²) in [5.41, 5.74) is 7.55. The smallest absolute Gasteiger partial charge is 0.290 e. The number of carbonyl (C=O) groups is 1. The van der Waals surface area contributed by atoms with Crippen LogP contribution in [0.2, 0.25) is 0 Å². The number of piperidine rings is 1. The number of nitrogens with two attached hydrogens (primary N) is 1. The Labute approximate surface area is 137 Å². The van der Waals surface area contributed by atoms with Gasteiger partial charge in [0, 0.05) is 30.1 Å². The fraction of sp³-hybridized carbons (Fsp3) is 0.471. The number of rotatable bonds is 2. The van der Waals surface area contributed by atoms with Crippen LogP contribution in [-0.4, -0.2) is 29.9 Å². The van der Waals surface area contributed by atoms with Gasteiger partial charge >= 0.3 is 0 Å². The molecule has 2 aromatic rings. The van der Waals surface area contributed by atoms with Crippen LogP contribution in [0.4, 0.5) is 0 Å². The fourth-order valence-electron chi connectivity index (χ4n) is 3.25. The van der Waals surface area contributed by atoms with Gasteiger partial charge in [-0.05, 0) is 31.7 Å². The standard InChI is InChI=1S/C17H22N2O2.ClH/c1-11-7-8-19(13(9-11)10-18)17(20)16-12(2)14-5-3-4-6-15(14)21-16;/h3-6,11,13H,7-10,18H2,1-2H3;1H. The number of nitrogens with zero attached hydrogens (tertiary/aromatic N) is 1. The molecule has 120 valence electrons. The van der Waals surface area contributed by atoms with Gasteiger partial charge in [-0.2, -0.15) is 0 Å². The van der Waals surface area contributed by atoms with Crippen LogP contribution in [0.15, 0.2) is 28.7 Å². The molecule has 5 heteroatoms.